The van der Waals surface area contributed by atoms with Crippen molar-refractivity contribution in [1.82, 2.24) is 4.98 Å². The van der Waals surface area contributed by atoms with Crippen LogP contribution in [0.4, 0.5) is 5.69 Å². The Morgan fingerprint density at radius 3 is 2.31 bits per heavy atom. The standard InChI is InChI=1S/C26H22N2O6S/c1-31-22-13-8-17(14-23(22)32-2)25-28-21(16-35-25)26(30)33-15-24(29)27-18-9-11-20(12-10-18)34-19-6-4-3-5-7-19/h3-14,16H,15H2,1-2H3,(H,27,29). The highest BCUT2D eigenvalue weighted by Crippen LogP contribution is 2.33. The number of nitrogens with zero attached hydrogens (tertiary/aromatic N) is 1. The van der Waals surface area contributed by atoms with Gasteiger partial charge in [-0.2, -0.15) is 0 Å². The highest BCUT2D eigenvalue weighted by molar-refractivity contribution is 7.13. The molecule has 178 valence electrons. The number of ether oxygens (including phenoxy) is 4. The predicted molar refractivity (Wildman–Crippen MR) is 133 cm³/mol. The van der Waals surface area contributed by atoms with Gasteiger partial charge in [0.1, 0.15) is 16.5 Å². The second-order valence-corrected chi connectivity index (χ2v) is 8.03. The number of thiazole rings is 1. The van der Waals surface area contributed by atoms with Crippen molar-refractivity contribution < 1.29 is 28.5 Å². The minimum Gasteiger partial charge on any atom is -0.493 e. The fourth-order valence-corrected chi connectivity index (χ4v) is 3.89. The van der Waals surface area contributed by atoms with Gasteiger partial charge in [-0.1, -0.05) is 18.2 Å². The van der Waals surface area contributed by atoms with Gasteiger partial charge in [-0.15, -0.1) is 11.3 Å². The number of amides is 1. The molecule has 3 aromatic carbocycles. The number of hydrogen-bond acceptors (Lipinski definition) is 8. The lowest BCUT2D eigenvalue weighted by Gasteiger charge is -2.08. The fourth-order valence-electron chi connectivity index (χ4n) is 3.10. The van der Waals surface area contributed by atoms with Crippen LogP contribution in [-0.4, -0.2) is 37.7 Å². The van der Waals surface area contributed by atoms with Gasteiger partial charge in [-0.25, -0.2) is 9.78 Å². The predicted octanol–water partition coefficient (Wildman–Crippen LogP) is 5.42. The monoisotopic (exact) mass is 490 g/mol. The van der Waals surface area contributed by atoms with E-state index in [0.29, 0.717) is 33.7 Å². The summed E-state index contributed by atoms with van der Waals surface area (Å²) in [5, 5.41) is 4.87. The summed E-state index contributed by atoms with van der Waals surface area (Å²) in [4.78, 5) is 28.9. The van der Waals surface area contributed by atoms with Crippen LogP contribution in [0.25, 0.3) is 10.6 Å². The van der Waals surface area contributed by atoms with E-state index in [4.69, 9.17) is 18.9 Å². The zero-order valence-electron chi connectivity index (χ0n) is 19.0. The van der Waals surface area contributed by atoms with Crippen molar-refractivity contribution in [2.45, 2.75) is 0 Å². The number of rotatable bonds is 9. The molecule has 35 heavy (non-hydrogen) atoms. The summed E-state index contributed by atoms with van der Waals surface area (Å²) in [5.74, 6) is 1.35. The first kappa shape index (κ1) is 23.8. The number of carbonyl (C=O) groups is 2. The molecule has 0 atom stereocenters. The van der Waals surface area contributed by atoms with Gasteiger partial charge >= 0.3 is 5.97 Å². The molecule has 0 aliphatic rings. The Bertz CT molecular complexity index is 1310. The zero-order valence-corrected chi connectivity index (χ0v) is 19.8. The maximum absolute atomic E-state index is 12.4. The van der Waals surface area contributed by atoms with Gasteiger partial charge in [-0.3, -0.25) is 4.79 Å². The first-order valence-corrected chi connectivity index (χ1v) is 11.4. The quantitative estimate of drug-likeness (QED) is 0.313. The second kappa shape index (κ2) is 11.2. The van der Waals surface area contributed by atoms with Crippen molar-refractivity contribution in [2.75, 3.05) is 26.1 Å². The first-order valence-electron chi connectivity index (χ1n) is 10.5. The van der Waals surface area contributed by atoms with Crippen LogP contribution >= 0.6 is 11.3 Å². The summed E-state index contributed by atoms with van der Waals surface area (Å²) < 4.78 is 21.4. The molecule has 0 spiro atoms. The molecule has 0 radical (unpaired) electrons. The van der Waals surface area contributed by atoms with Crippen LogP contribution in [0.15, 0.2) is 78.2 Å². The Labute approximate surface area is 206 Å². The van der Waals surface area contributed by atoms with Crippen molar-refractivity contribution in [3.05, 3.63) is 83.9 Å². The van der Waals surface area contributed by atoms with Gasteiger partial charge in [0.25, 0.3) is 5.91 Å². The van der Waals surface area contributed by atoms with Crippen LogP contribution in [0.5, 0.6) is 23.0 Å². The number of anilines is 1. The molecule has 0 aliphatic heterocycles. The average molecular weight is 491 g/mol. The van der Waals surface area contributed by atoms with Crippen LogP contribution in [-0.2, 0) is 9.53 Å². The number of esters is 1. The van der Waals surface area contributed by atoms with Crippen LogP contribution in [0.1, 0.15) is 10.5 Å². The summed E-state index contributed by atoms with van der Waals surface area (Å²) in [5.41, 5.74) is 1.44. The zero-order chi connectivity index (χ0) is 24.6. The van der Waals surface area contributed by atoms with E-state index in [2.05, 4.69) is 10.3 Å². The smallest absolute Gasteiger partial charge is 0.358 e. The molecular formula is C26H22N2O6S. The van der Waals surface area contributed by atoms with Crippen molar-refractivity contribution in [1.29, 1.82) is 0 Å². The SMILES string of the molecule is COc1ccc(-c2nc(C(=O)OCC(=O)Nc3ccc(Oc4ccccc4)cc3)cs2)cc1OC. The number of benzene rings is 3. The summed E-state index contributed by atoms with van der Waals surface area (Å²) in [6.45, 7) is -0.440. The van der Waals surface area contributed by atoms with E-state index < -0.39 is 18.5 Å². The molecule has 0 aliphatic carbocycles. The molecule has 0 bridgehead atoms. The number of hydrogen-bond donors (Lipinski definition) is 1. The van der Waals surface area contributed by atoms with Crippen molar-refractivity contribution >= 4 is 28.9 Å². The Morgan fingerprint density at radius 2 is 1.60 bits per heavy atom. The highest BCUT2D eigenvalue weighted by atomic mass is 32.1. The van der Waals surface area contributed by atoms with E-state index in [-0.39, 0.29) is 5.69 Å². The largest absolute Gasteiger partial charge is 0.493 e. The topological polar surface area (TPSA) is 96.0 Å². The fraction of sp³-hybridized carbons (Fsp3) is 0.115. The number of para-hydroxylation sites is 1. The van der Waals surface area contributed by atoms with Crippen molar-refractivity contribution in [3.63, 3.8) is 0 Å². The van der Waals surface area contributed by atoms with Gasteiger partial charge < -0.3 is 24.3 Å². The Balaban J connectivity index is 1.29. The Hall–Kier alpha value is -4.37. The van der Waals surface area contributed by atoms with E-state index >= 15 is 0 Å². The molecule has 0 fully saturated rings. The minimum absolute atomic E-state index is 0.120. The molecule has 4 aromatic rings. The van der Waals surface area contributed by atoms with Gasteiger partial charge in [0, 0.05) is 16.6 Å². The lowest BCUT2D eigenvalue weighted by Crippen LogP contribution is -2.21. The average Bonchev–Trinajstić information content (AvgIpc) is 3.39. The molecule has 0 saturated carbocycles. The van der Waals surface area contributed by atoms with Gasteiger partial charge in [0.2, 0.25) is 0 Å². The molecule has 1 aromatic heterocycles. The second-order valence-electron chi connectivity index (χ2n) is 7.17. The van der Waals surface area contributed by atoms with Crippen molar-refractivity contribution in [2.24, 2.45) is 0 Å². The van der Waals surface area contributed by atoms with Gasteiger partial charge in [0.15, 0.2) is 23.8 Å². The summed E-state index contributed by atoms with van der Waals surface area (Å²) in [6.07, 6.45) is 0. The minimum atomic E-state index is -0.685. The maximum Gasteiger partial charge on any atom is 0.358 e. The normalized spacial score (nSPS) is 10.3. The number of aromatic nitrogens is 1. The summed E-state index contributed by atoms with van der Waals surface area (Å²) in [7, 11) is 3.10. The van der Waals surface area contributed by atoms with E-state index in [1.165, 1.54) is 11.3 Å². The third kappa shape index (κ3) is 6.15. The molecule has 8 nitrogen and oxygen atoms in total. The Morgan fingerprint density at radius 1 is 0.886 bits per heavy atom. The van der Waals surface area contributed by atoms with E-state index in [0.717, 1.165) is 5.56 Å². The lowest BCUT2D eigenvalue weighted by molar-refractivity contribution is -0.119. The molecule has 1 N–H and O–H groups in total. The van der Waals surface area contributed by atoms with E-state index in [1.807, 2.05) is 36.4 Å². The number of methoxy groups -OCH3 is 2. The molecule has 1 heterocycles. The Kier molecular flexibility index (Phi) is 7.59. The molecule has 9 heteroatoms. The van der Waals surface area contributed by atoms with Crippen LogP contribution in [0.2, 0.25) is 0 Å². The molecule has 0 unspecified atom stereocenters. The van der Waals surface area contributed by atoms with Gasteiger partial charge in [0.05, 0.1) is 14.2 Å². The van der Waals surface area contributed by atoms with Crippen molar-refractivity contribution in [3.8, 4) is 33.6 Å². The third-order valence-corrected chi connectivity index (χ3v) is 5.69. The van der Waals surface area contributed by atoms with E-state index in [9.17, 15) is 9.59 Å². The summed E-state index contributed by atoms with van der Waals surface area (Å²) in [6, 6.07) is 21.6. The lowest BCUT2D eigenvalue weighted by atomic mass is 10.2. The molecule has 4 rings (SSSR count). The summed E-state index contributed by atoms with van der Waals surface area (Å²) >= 11 is 1.28. The maximum atomic E-state index is 12.4. The third-order valence-electron chi connectivity index (χ3n) is 4.80. The molecule has 1 amide bonds. The van der Waals surface area contributed by atoms with E-state index in [1.54, 1.807) is 56.0 Å². The molecular weight excluding hydrogens is 468 g/mol. The first-order chi connectivity index (χ1) is 17.1. The number of carbonyl (C=O) groups excluding carboxylic acids is 2. The van der Waals surface area contributed by atoms with Crippen LogP contribution in [0, 0.1) is 0 Å². The molecule has 0 saturated heterocycles. The van der Waals surface area contributed by atoms with Crippen LogP contribution < -0.4 is 19.5 Å². The highest BCUT2D eigenvalue weighted by Gasteiger charge is 2.16. The number of nitrogens with one attached hydrogen (secondary N) is 1. The van der Waals surface area contributed by atoms with Gasteiger partial charge in [-0.05, 0) is 54.6 Å². The van der Waals surface area contributed by atoms with Crippen LogP contribution in [0.3, 0.4) is 0 Å².